The van der Waals surface area contributed by atoms with Crippen LogP contribution in [0.5, 0.6) is 0 Å². The van der Waals surface area contributed by atoms with Gasteiger partial charge in [-0.05, 0) is 25.0 Å². The van der Waals surface area contributed by atoms with E-state index in [-0.39, 0.29) is 18.1 Å². The topological polar surface area (TPSA) is 68.2 Å². The molecule has 23 heavy (non-hydrogen) atoms. The molecule has 1 saturated carbocycles. The van der Waals surface area contributed by atoms with Gasteiger partial charge in [-0.15, -0.1) is 0 Å². The van der Waals surface area contributed by atoms with Gasteiger partial charge in [-0.1, -0.05) is 6.07 Å². The summed E-state index contributed by atoms with van der Waals surface area (Å²) in [5.74, 6) is 0.362. The molecule has 2 aromatic rings. The SMILES string of the molecule is O=C(c1cnccn1)N1C[C@H]2CC[C@H]1[C@H]2OCc1ccccn1. The zero-order valence-corrected chi connectivity index (χ0v) is 12.7. The number of nitrogens with zero attached hydrogens (tertiary/aromatic N) is 4. The Balaban J connectivity index is 1.44. The molecule has 0 aromatic carbocycles. The zero-order valence-electron chi connectivity index (χ0n) is 12.7. The average molecular weight is 310 g/mol. The van der Waals surface area contributed by atoms with Crippen molar-refractivity contribution in [1.29, 1.82) is 0 Å². The number of carbonyl (C=O) groups excluding carboxylic acids is 1. The third-order valence-corrected chi connectivity index (χ3v) is 4.70. The van der Waals surface area contributed by atoms with E-state index in [1.807, 2.05) is 23.1 Å². The molecule has 2 aromatic heterocycles. The van der Waals surface area contributed by atoms with Crippen molar-refractivity contribution in [2.24, 2.45) is 5.92 Å². The maximum Gasteiger partial charge on any atom is 0.274 e. The second kappa shape index (κ2) is 6.04. The Kier molecular flexibility index (Phi) is 3.75. The monoisotopic (exact) mass is 310 g/mol. The molecule has 1 saturated heterocycles. The third-order valence-electron chi connectivity index (χ3n) is 4.70. The number of aromatic nitrogens is 3. The lowest BCUT2D eigenvalue weighted by atomic mass is 10.1. The first-order valence-electron chi connectivity index (χ1n) is 7.91. The number of piperidine rings is 1. The van der Waals surface area contributed by atoms with E-state index in [0.29, 0.717) is 18.2 Å². The molecule has 6 heteroatoms. The minimum absolute atomic E-state index is 0.0447. The Morgan fingerprint density at radius 2 is 2.17 bits per heavy atom. The van der Waals surface area contributed by atoms with Gasteiger partial charge in [-0.3, -0.25) is 14.8 Å². The van der Waals surface area contributed by atoms with Crippen LogP contribution in [0.2, 0.25) is 0 Å². The number of amides is 1. The molecule has 0 N–H and O–H groups in total. The molecule has 0 spiro atoms. The fourth-order valence-corrected chi connectivity index (χ4v) is 3.65. The summed E-state index contributed by atoms with van der Waals surface area (Å²) in [4.78, 5) is 26.9. The third kappa shape index (κ3) is 2.70. The summed E-state index contributed by atoms with van der Waals surface area (Å²) < 4.78 is 6.10. The Labute approximate surface area is 134 Å². The van der Waals surface area contributed by atoms with Crippen molar-refractivity contribution < 1.29 is 9.53 Å². The molecule has 4 rings (SSSR count). The van der Waals surface area contributed by atoms with Crippen LogP contribution in [0.15, 0.2) is 43.0 Å². The van der Waals surface area contributed by atoms with Crippen molar-refractivity contribution >= 4 is 5.91 Å². The molecule has 0 radical (unpaired) electrons. The Morgan fingerprint density at radius 1 is 1.22 bits per heavy atom. The fourth-order valence-electron chi connectivity index (χ4n) is 3.65. The van der Waals surface area contributed by atoms with Gasteiger partial charge in [0.2, 0.25) is 0 Å². The van der Waals surface area contributed by atoms with Crippen LogP contribution in [0.1, 0.15) is 29.0 Å². The second-order valence-corrected chi connectivity index (χ2v) is 6.05. The van der Waals surface area contributed by atoms with Crippen LogP contribution < -0.4 is 0 Å². The summed E-state index contributed by atoms with van der Waals surface area (Å²) in [5.41, 5.74) is 1.33. The van der Waals surface area contributed by atoms with Gasteiger partial charge in [-0.2, -0.15) is 0 Å². The normalized spacial score (nSPS) is 25.7. The van der Waals surface area contributed by atoms with Crippen LogP contribution in [0.4, 0.5) is 0 Å². The summed E-state index contributed by atoms with van der Waals surface area (Å²) in [7, 11) is 0. The van der Waals surface area contributed by atoms with Gasteiger partial charge in [0.25, 0.3) is 5.91 Å². The molecule has 1 aliphatic heterocycles. The van der Waals surface area contributed by atoms with Crippen molar-refractivity contribution in [2.75, 3.05) is 6.54 Å². The molecule has 2 aliphatic rings. The molecule has 2 bridgehead atoms. The van der Waals surface area contributed by atoms with Gasteiger partial charge < -0.3 is 9.64 Å². The highest BCUT2D eigenvalue weighted by Gasteiger charge is 2.49. The molecule has 118 valence electrons. The number of likely N-dealkylation sites (tertiary alicyclic amines) is 1. The van der Waals surface area contributed by atoms with Crippen molar-refractivity contribution in [3.63, 3.8) is 0 Å². The number of fused-ring (bicyclic) bond motifs is 2. The summed E-state index contributed by atoms with van der Waals surface area (Å²) >= 11 is 0. The highest BCUT2D eigenvalue weighted by Crippen LogP contribution is 2.40. The van der Waals surface area contributed by atoms with Gasteiger partial charge in [0.1, 0.15) is 5.69 Å². The maximum absolute atomic E-state index is 12.6. The number of rotatable bonds is 4. The zero-order chi connectivity index (χ0) is 15.6. The summed E-state index contributed by atoms with van der Waals surface area (Å²) in [5, 5.41) is 0. The number of hydrogen-bond donors (Lipinski definition) is 0. The van der Waals surface area contributed by atoms with Crippen molar-refractivity contribution in [3.05, 3.63) is 54.4 Å². The number of hydrogen-bond acceptors (Lipinski definition) is 5. The van der Waals surface area contributed by atoms with E-state index in [4.69, 9.17) is 4.74 Å². The van der Waals surface area contributed by atoms with Gasteiger partial charge in [0, 0.05) is 31.1 Å². The molecule has 0 unspecified atom stereocenters. The van der Waals surface area contributed by atoms with Crippen molar-refractivity contribution in [3.8, 4) is 0 Å². The minimum atomic E-state index is -0.0447. The van der Waals surface area contributed by atoms with E-state index >= 15 is 0 Å². The van der Waals surface area contributed by atoms with Crippen LogP contribution in [0.3, 0.4) is 0 Å². The summed E-state index contributed by atoms with van der Waals surface area (Å²) in [6.45, 7) is 1.23. The summed E-state index contributed by atoms with van der Waals surface area (Å²) in [6.07, 6.45) is 8.62. The second-order valence-electron chi connectivity index (χ2n) is 6.05. The molecular formula is C17H18N4O2. The first-order valence-corrected chi connectivity index (χ1v) is 7.91. The first kappa shape index (κ1) is 14.3. The first-order chi connectivity index (χ1) is 11.3. The van der Waals surface area contributed by atoms with Crippen LogP contribution in [0, 0.1) is 5.92 Å². The Bertz CT molecular complexity index is 680. The maximum atomic E-state index is 12.6. The van der Waals surface area contributed by atoms with E-state index in [1.54, 1.807) is 18.6 Å². The smallest absolute Gasteiger partial charge is 0.274 e. The lowest BCUT2D eigenvalue weighted by Crippen LogP contribution is -2.40. The van der Waals surface area contributed by atoms with E-state index in [2.05, 4.69) is 15.0 Å². The van der Waals surface area contributed by atoms with Gasteiger partial charge in [0.05, 0.1) is 30.6 Å². The van der Waals surface area contributed by atoms with Crippen molar-refractivity contribution in [1.82, 2.24) is 19.9 Å². The van der Waals surface area contributed by atoms with Crippen LogP contribution >= 0.6 is 0 Å². The highest BCUT2D eigenvalue weighted by molar-refractivity contribution is 5.92. The minimum Gasteiger partial charge on any atom is -0.369 e. The molecular weight excluding hydrogens is 292 g/mol. The van der Waals surface area contributed by atoms with Crippen LogP contribution in [-0.2, 0) is 11.3 Å². The standard InChI is InChI=1S/C17H18N4O2/c22-17(14-9-18-7-8-20-14)21-10-12-4-5-15(21)16(12)23-11-13-3-1-2-6-19-13/h1-3,6-9,12,15-16H,4-5,10-11H2/t12-,15+,16+/m1/s1. The van der Waals surface area contributed by atoms with Gasteiger partial charge in [0.15, 0.2) is 0 Å². The lowest BCUT2D eigenvalue weighted by molar-refractivity contribution is 0.0143. The Hall–Kier alpha value is -2.34. The highest BCUT2D eigenvalue weighted by atomic mass is 16.5. The van der Waals surface area contributed by atoms with E-state index in [9.17, 15) is 4.79 Å². The van der Waals surface area contributed by atoms with E-state index in [1.165, 1.54) is 6.20 Å². The largest absolute Gasteiger partial charge is 0.369 e. The molecule has 6 nitrogen and oxygen atoms in total. The molecule has 2 fully saturated rings. The number of ether oxygens (including phenoxy) is 1. The van der Waals surface area contributed by atoms with E-state index < -0.39 is 0 Å². The molecule has 1 amide bonds. The van der Waals surface area contributed by atoms with E-state index in [0.717, 1.165) is 25.1 Å². The molecule has 3 atom stereocenters. The van der Waals surface area contributed by atoms with Crippen LogP contribution in [-0.4, -0.2) is 44.4 Å². The molecule has 3 heterocycles. The predicted molar refractivity (Wildman–Crippen MR) is 82.4 cm³/mol. The average Bonchev–Trinajstić information content (AvgIpc) is 3.18. The summed E-state index contributed by atoms with van der Waals surface area (Å²) in [6, 6.07) is 5.95. The predicted octanol–water partition coefficient (Wildman–Crippen LogP) is 1.69. The van der Waals surface area contributed by atoms with Gasteiger partial charge >= 0.3 is 0 Å². The van der Waals surface area contributed by atoms with Crippen molar-refractivity contribution in [2.45, 2.75) is 31.6 Å². The van der Waals surface area contributed by atoms with Crippen LogP contribution in [0.25, 0.3) is 0 Å². The quantitative estimate of drug-likeness (QED) is 0.859. The number of pyridine rings is 1. The number of carbonyl (C=O) groups is 1. The molecule has 1 aliphatic carbocycles. The fraction of sp³-hybridized carbons (Fsp3) is 0.412. The Morgan fingerprint density at radius 3 is 2.96 bits per heavy atom. The van der Waals surface area contributed by atoms with Gasteiger partial charge in [-0.25, -0.2) is 4.98 Å². The lowest BCUT2D eigenvalue weighted by Gasteiger charge is -2.26.